The van der Waals surface area contributed by atoms with Crippen molar-refractivity contribution < 1.29 is 19.0 Å². The van der Waals surface area contributed by atoms with Gasteiger partial charge in [-0.1, -0.05) is 6.58 Å². The van der Waals surface area contributed by atoms with Gasteiger partial charge in [-0.05, 0) is 42.8 Å². The second-order valence-corrected chi connectivity index (χ2v) is 9.45. The Bertz CT molecular complexity index is 1450. The minimum atomic E-state index is -0.138. The van der Waals surface area contributed by atoms with Crippen molar-refractivity contribution in [3.63, 3.8) is 0 Å². The predicted octanol–water partition coefficient (Wildman–Crippen LogP) is 4.60. The van der Waals surface area contributed by atoms with Crippen LogP contribution in [0.15, 0.2) is 55.5 Å². The van der Waals surface area contributed by atoms with Crippen LogP contribution in [-0.4, -0.2) is 59.2 Å². The number of aryl methyl sites for hydroxylation is 1. The number of carbonyl (C=O) groups excluding carboxylic acids is 1. The second-order valence-electron chi connectivity index (χ2n) is 8.21. The molecule has 3 heterocycles. The summed E-state index contributed by atoms with van der Waals surface area (Å²) >= 11 is 1.63. The molecule has 0 unspecified atom stereocenters. The highest BCUT2D eigenvalue weighted by molar-refractivity contribution is 7.15. The lowest BCUT2D eigenvalue weighted by Crippen LogP contribution is -2.55. The number of ether oxygens (including phenoxy) is 3. The van der Waals surface area contributed by atoms with Gasteiger partial charge in [0.25, 0.3) is 0 Å². The van der Waals surface area contributed by atoms with Gasteiger partial charge in [-0.25, -0.2) is 15.0 Å². The third-order valence-electron chi connectivity index (χ3n) is 5.91. The standard InChI is InChI=1S/C26H25N5O4S/c1-5-25(32)31-12-17(13-31)35-23-9-18-19(10-22(23)34-4)28-14-29-26(18)30-20-8-16(6-7-21(20)33-3)24-11-27-15(2)36-24/h5-11,14,17H,1,12-13H2,2-4H3,(H,28,29,30). The summed E-state index contributed by atoms with van der Waals surface area (Å²) in [5.74, 6) is 2.28. The molecule has 9 nitrogen and oxygen atoms in total. The van der Waals surface area contributed by atoms with E-state index in [-0.39, 0.29) is 12.0 Å². The van der Waals surface area contributed by atoms with Crippen LogP contribution in [0.3, 0.4) is 0 Å². The number of hydrogen-bond donors (Lipinski definition) is 1. The van der Waals surface area contributed by atoms with Crippen molar-refractivity contribution in [3.05, 3.63) is 60.5 Å². The van der Waals surface area contributed by atoms with E-state index in [1.165, 1.54) is 12.4 Å². The Kier molecular flexibility index (Phi) is 6.43. The number of hydrogen-bond acceptors (Lipinski definition) is 9. The SMILES string of the molecule is C=CC(=O)N1CC(Oc2cc3c(Nc4cc(-c5cnc(C)s5)ccc4OC)ncnc3cc2OC)C1. The molecule has 0 radical (unpaired) electrons. The van der Waals surface area contributed by atoms with Gasteiger partial charge in [0.15, 0.2) is 11.5 Å². The highest BCUT2D eigenvalue weighted by Crippen LogP contribution is 2.38. The Morgan fingerprint density at radius 1 is 1.11 bits per heavy atom. The van der Waals surface area contributed by atoms with Crippen molar-refractivity contribution in [2.75, 3.05) is 32.6 Å². The quantitative estimate of drug-likeness (QED) is 0.349. The van der Waals surface area contributed by atoms with Crippen LogP contribution < -0.4 is 19.5 Å². The fraction of sp³-hybridized carbons (Fsp3) is 0.231. The average Bonchev–Trinajstić information content (AvgIpc) is 3.31. The van der Waals surface area contributed by atoms with Gasteiger partial charge in [0.05, 0.1) is 48.4 Å². The van der Waals surface area contributed by atoms with Crippen molar-refractivity contribution in [2.24, 2.45) is 0 Å². The Labute approximate surface area is 212 Å². The first-order valence-corrected chi connectivity index (χ1v) is 12.1. The molecule has 0 spiro atoms. The number of aromatic nitrogens is 3. The summed E-state index contributed by atoms with van der Waals surface area (Å²) in [6, 6.07) is 9.61. The van der Waals surface area contributed by atoms with Gasteiger partial charge in [0.2, 0.25) is 5.91 Å². The molecule has 1 saturated heterocycles. The van der Waals surface area contributed by atoms with Crippen molar-refractivity contribution in [3.8, 4) is 27.7 Å². The monoisotopic (exact) mass is 503 g/mol. The number of fused-ring (bicyclic) bond motifs is 1. The lowest BCUT2D eigenvalue weighted by Gasteiger charge is -2.38. The highest BCUT2D eigenvalue weighted by Gasteiger charge is 2.31. The number of thiazole rings is 1. The zero-order valence-corrected chi connectivity index (χ0v) is 21.0. The fourth-order valence-corrected chi connectivity index (χ4v) is 4.77. The normalized spacial score (nSPS) is 13.2. The van der Waals surface area contributed by atoms with Crippen LogP contribution in [0.2, 0.25) is 0 Å². The highest BCUT2D eigenvalue weighted by atomic mass is 32.1. The summed E-state index contributed by atoms with van der Waals surface area (Å²) in [5, 5.41) is 5.17. The molecule has 0 aliphatic carbocycles. The molecule has 2 aromatic heterocycles. The summed E-state index contributed by atoms with van der Waals surface area (Å²) < 4.78 is 17.3. The molecule has 1 aliphatic rings. The van der Waals surface area contributed by atoms with Crippen molar-refractivity contribution in [1.29, 1.82) is 0 Å². The minimum Gasteiger partial charge on any atom is -0.495 e. The van der Waals surface area contributed by atoms with E-state index in [4.69, 9.17) is 14.2 Å². The van der Waals surface area contributed by atoms with Gasteiger partial charge in [-0.2, -0.15) is 0 Å². The Morgan fingerprint density at radius 2 is 1.92 bits per heavy atom. The van der Waals surface area contributed by atoms with Crippen molar-refractivity contribution in [2.45, 2.75) is 13.0 Å². The molecule has 2 aromatic carbocycles. The van der Waals surface area contributed by atoms with Gasteiger partial charge in [-0.15, -0.1) is 11.3 Å². The van der Waals surface area contributed by atoms with Gasteiger partial charge in [0.1, 0.15) is 24.0 Å². The number of likely N-dealkylation sites (tertiary alicyclic amines) is 1. The predicted molar refractivity (Wildman–Crippen MR) is 139 cm³/mol. The molecule has 10 heteroatoms. The number of methoxy groups -OCH3 is 2. The van der Waals surface area contributed by atoms with E-state index >= 15 is 0 Å². The van der Waals surface area contributed by atoms with Gasteiger partial charge >= 0.3 is 0 Å². The maximum absolute atomic E-state index is 11.8. The van der Waals surface area contributed by atoms with Gasteiger partial charge < -0.3 is 24.4 Å². The molecule has 0 saturated carbocycles. The number of nitrogens with one attached hydrogen (secondary N) is 1. The van der Waals surface area contributed by atoms with E-state index < -0.39 is 0 Å². The maximum atomic E-state index is 11.8. The molecule has 1 N–H and O–H groups in total. The molecule has 1 amide bonds. The zero-order valence-electron chi connectivity index (χ0n) is 20.1. The molecule has 0 atom stereocenters. The van der Waals surface area contributed by atoms with E-state index in [2.05, 4.69) is 26.8 Å². The summed E-state index contributed by atoms with van der Waals surface area (Å²) in [7, 11) is 3.21. The summed E-state index contributed by atoms with van der Waals surface area (Å²) in [4.78, 5) is 27.8. The third kappa shape index (κ3) is 4.55. The lowest BCUT2D eigenvalue weighted by molar-refractivity contribution is -0.134. The van der Waals surface area contributed by atoms with Gasteiger partial charge in [0, 0.05) is 17.6 Å². The molecule has 1 fully saturated rings. The van der Waals surface area contributed by atoms with E-state index in [1.807, 2.05) is 43.5 Å². The molecule has 36 heavy (non-hydrogen) atoms. The zero-order chi connectivity index (χ0) is 25.2. The van der Waals surface area contributed by atoms with Crippen molar-refractivity contribution >= 4 is 39.7 Å². The molecule has 1 aliphatic heterocycles. The topological polar surface area (TPSA) is 98.7 Å². The number of nitrogens with zero attached hydrogens (tertiary/aromatic N) is 4. The molecule has 4 aromatic rings. The van der Waals surface area contributed by atoms with Crippen LogP contribution in [0.25, 0.3) is 21.3 Å². The van der Waals surface area contributed by atoms with Crippen LogP contribution in [0.5, 0.6) is 17.2 Å². The second kappa shape index (κ2) is 9.82. The Hall–Kier alpha value is -4.18. The fourth-order valence-electron chi connectivity index (χ4n) is 4.00. The van der Waals surface area contributed by atoms with E-state index in [0.717, 1.165) is 26.5 Å². The number of carbonyl (C=O) groups is 1. The third-order valence-corrected chi connectivity index (χ3v) is 6.87. The average molecular weight is 504 g/mol. The molecule has 5 rings (SSSR count). The number of anilines is 2. The molecular weight excluding hydrogens is 478 g/mol. The minimum absolute atomic E-state index is 0.107. The Morgan fingerprint density at radius 3 is 2.61 bits per heavy atom. The van der Waals surface area contributed by atoms with E-state index in [1.54, 1.807) is 30.5 Å². The maximum Gasteiger partial charge on any atom is 0.246 e. The summed E-state index contributed by atoms with van der Waals surface area (Å²) in [6.07, 6.45) is 4.53. The smallest absolute Gasteiger partial charge is 0.246 e. The van der Waals surface area contributed by atoms with Crippen LogP contribution in [0.4, 0.5) is 11.5 Å². The van der Waals surface area contributed by atoms with Crippen LogP contribution in [0, 0.1) is 6.92 Å². The Balaban J connectivity index is 1.47. The summed E-state index contributed by atoms with van der Waals surface area (Å²) in [5.41, 5.74) is 2.48. The first-order chi connectivity index (χ1) is 17.5. The van der Waals surface area contributed by atoms with Crippen molar-refractivity contribution in [1.82, 2.24) is 19.9 Å². The number of amides is 1. The molecule has 184 valence electrons. The van der Waals surface area contributed by atoms with Crippen LogP contribution in [-0.2, 0) is 4.79 Å². The number of rotatable bonds is 8. The first-order valence-electron chi connectivity index (χ1n) is 11.3. The first kappa shape index (κ1) is 23.6. The van der Waals surface area contributed by atoms with Gasteiger partial charge in [-0.3, -0.25) is 4.79 Å². The lowest BCUT2D eigenvalue weighted by atomic mass is 10.1. The number of benzene rings is 2. The van der Waals surface area contributed by atoms with E-state index in [0.29, 0.717) is 41.7 Å². The van der Waals surface area contributed by atoms with E-state index in [9.17, 15) is 4.79 Å². The van der Waals surface area contributed by atoms with Crippen LogP contribution >= 0.6 is 11.3 Å². The molecular formula is C26H25N5O4S. The summed E-state index contributed by atoms with van der Waals surface area (Å²) in [6.45, 7) is 6.49. The largest absolute Gasteiger partial charge is 0.495 e. The molecule has 0 bridgehead atoms. The van der Waals surface area contributed by atoms with Crippen LogP contribution in [0.1, 0.15) is 5.01 Å².